The SMILES string of the molecule is CN=C(C=CN)C(F)(F)F. The number of hydrogen-bond donors (Lipinski definition) is 1. The Morgan fingerprint density at radius 1 is 1.50 bits per heavy atom. The Morgan fingerprint density at radius 2 is 2.00 bits per heavy atom. The minimum absolute atomic E-state index is 0.708. The molecule has 0 heterocycles. The van der Waals surface area contributed by atoms with Crippen LogP contribution in [0.15, 0.2) is 17.3 Å². The number of aliphatic imine (C=N–C) groups is 1. The molecule has 0 aliphatic heterocycles. The van der Waals surface area contributed by atoms with Gasteiger partial charge >= 0.3 is 6.18 Å². The molecule has 58 valence electrons. The summed E-state index contributed by atoms with van der Waals surface area (Å²) >= 11 is 0. The fourth-order valence-corrected chi connectivity index (χ4v) is 0.387. The number of alkyl halides is 3. The second-order valence-electron chi connectivity index (χ2n) is 1.47. The Bertz CT molecular complexity index is 157. The van der Waals surface area contributed by atoms with Gasteiger partial charge in [0.05, 0.1) is 0 Å². The Hall–Kier alpha value is -1.00. The van der Waals surface area contributed by atoms with Crippen molar-refractivity contribution in [1.29, 1.82) is 0 Å². The fraction of sp³-hybridized carbons (Fsp3) is 0.400. The average Bonchev–Trinajstić information content (AvgIpc) is 1.80. The molecule has 10 heavy (non-hydrogen) atoms. The number of hydrogen-bond acceptors (Lipinski definition) is 2. The summed E-state index contributed by atoms with van der Waals surface area (Å²) in [5, 5.41) is 0. The molecule has 0 aromatic rings. The molecule has 0 saturated carbocycles. The van der Waals surface area contributed by atoms with Crippen LogP contribution in [-0.4, -0.2) is 18.9 Å². The maximum Gasteiger partial charge on any atom is 0.432 e. The number of rotatable bonds is 1. The summed E-state index contributed by atoms with van der Waals surface area (Å²) < 4.78 is 35.0. The minimum Gasteiger partial charge on any atom is -0.405 e. The van der Waals surface area contributed by atoms with Crippen LogP contribution < -0.4 is 5.73 Å². The molecule has 5 heteroatoms. The lowest BCUT2D eigenvalue weighted by atomic mass is 10.3. The lowest BCUT2D eigenvalue weighted by Gasteiger charge is -2.03. The summed E-state index contributed by atoms with van der Waals surface area (Å²) in [7, 11) is 1.06. The van der Waals surface area contributed by atoms with Gasteiger partial charge in [-0.15, -0.1) is 0 Å². The van der Waals surface area contributed by atoms with Crippen LogP contribution in [-0.2, 0) is 0 Å². The molecule has 0 saturated heterocycles. The molecule has 0 fully saturated rings. The molecule has 0 amide bonds. The lowest BCUT2D eigenvalue weighted by molar-refractivity contribution is -0.0577. The highest BCUT2D eigenvalue weighted by molar-refractivity contribution is 5.99. The first-order valence-electron chi connectivity index (χ1n) is 2.44. The van der Waals surface area contributed by atoms with Gasteiger partial charge in [0.15, 0.2) is 0 Å². The predicted octanol–water partition coefficient (Wildman–Crippen LogP) is 1.09. The number of nitrogens with two attached hydrogens (primary N) is 1. The molecule has 0 aliphatic carbocycles. The average molecular weight is 152 g/mol. The zero-order chi connectivity index (χ0) is 8.20. The highest BCUT2D eigenvalue weighted by Gasteiger charge is 2.32. The second-order valence-corrected chi connectivity index (χ2v) is 1.47. The van der Waals surface area contributed by atoms with E-state index in [4.69, 9.17) is 5.73 Å². The van der Waals surface area contributed by atoms with E-state index in [9.17, 15) is 13.2 Å². The maximum atomic E-state index is 11.7. The second kappa shape index (κ2) is 3.24. The lowest BCUT2D eigenvalue weighted by Crippen LogP contribution is -2.20. The van der Waals surface area contributed by atoms with Crippen LogP contribution >= 0.6 is 0 Å². The van der Waals surface area contributed by atoms with Crippen molar-refractivity contribution in [1.82, 2.24) is 0 Å². The third kappa shape index (κ3) is 2.52. The van der Waals surface area contributed by atoms with Gasteiger partial charge in [-0.05, 0) is 12.3 Å². The van der Waals surface area contributed by atoms with E-state index in [2.05, 4.69) is 4.99 Å². The molecule has 0 unspecified atom stereocenters. The normalized spacial score (nSPS) is 14.6. The molecule has 0 aliphatic rings. The Kier molecular flexibility index (Phi) is 2.92. The van der Waals surface area contributed by atoms with Crippen LogP contribution in [0, 0.1) is 0 Å². The van der Waals surface area contributed by atoms with Crippen LogP contribution in [0.25, 0.3) is 0 Å². The van der Waals surface area contributed by atoms with Crippen molar-refractivity contribution in [2.24, 2.45) is 10.7 Å². The molecular weight excluding hydrogens is 145 g/mol. The van der Waals surface area contributed by atoms with Crippen molar-refractivity contribution in [2.45, 2.75) is 6.18 Å². The number of nitrogens with zero attached hydrogens (tertiary/aromatic N) is 1. The first-order chi connectivity index (χ1) is 4.52. The Labute approximate surface area is 56.2 Å². The van der Waals surface area contributed by atoms with Gasteiger partial charge in [-0.1, -0.05) is 0 Å². The Balaban J connectivity index is 4.39. The van der Waals surface area contributed by atoms with E-state index in [1.165, 1.54) is 0 Å². The molecule has 0 spiro atoms. The van der Waals surface area contributed by atoms with Crippen molar-refractivity contribution < 1.29 is 13.2 Å². The van der Waals surface area contributed by atoms with Crippen LogP contribution in [0.3, 0.4) is 0 Å². The van der Waals surface area contributed by atoms with Crippen LogP contribution in [0.1, 0.15) is 0 Å². The van der Waals surface area contributed by atoms with Crippen molar-refractivity contribution in [3.8, 4) is 0 Å². The van der Waals surface area contributed by atoms with Gasteiger partial charge in [0.2, 0.25) is 0 Å². The maximum absolute atomic E-state index is 11.7. The van der Waals surface area contributed by atoms with Crippen molar-refractivity contribution >= 4 is 5.71 Å². The highest BCUT2D eigenvalue weighted by atomic mass is 19.4. The smallest absolute Gasteiger partial charge is 0.405 e. The van der Waals surface area contributed by atoms with Crippen LogP contribution in [0.5, 0.6) is 0 Å². The summed E-state index contributed by atoms with van der Waals surface area (Å²) in [6.45, 7) is 0. The topological polar surface area (TPSA) is 38.4 Å². The third-order valence-corrected chi connectivity index (χ3v) is 0.785. The summed E-state index contributed by atoms with van der Waals surface area (Å²) in [5.41, 5.74) is 3.76. The zero-order valence-corrected chi connectivity index (χ0v) is 5.31. The van der Waals surface area contributed by atoms with Crippen molar-refractivity contribution in [3.63, 3.8) is 0 Å². The minimum atomic E-state index is -4.40. The molecule has 2 N–H and O–H groups in total. The number of allylic oxidation sites excluding steroid dienone is 1. The van der Waals surface area contributed by atoms with E-state index in [1.54, 1.807) is 0 Å². The van der Waals surface area contributed by atoms with Gasteiger partial charge in [-0.25, -0.2) is 0 Å². The predicted molar refractivity (Wildman–Crippen MR) is 32.7 cm³/mol. The first-order valence-corrected chi connectivity index (χ1v) is 2.44. The van der Waals surface area contributed by atoms with E-state index in [0.717, 1.165) is 13.2 Å². The molecule has 0 radical (unpaired) electrons. The highest BCUT2D eigenvalue weighted by Crippen LogP contribution is 2.17. The summed E-state index contributed by atoms with van der Waals surface area (Å²) in [4.78, 5) is 2.97. The zero-order valence-electron chi connectivity index (χ0n) is 5.31. The van der Waals surface area contributed by atoms with E-state index in [0.29, 0.717) is 6.08 Å². The van der Waals surface area contributed by atoms with Gasteiger partial charge in [0, 0.05) is 7.05 Å². The van der Waals surface area contributed by atoms with Gasteiger partial charge in [-0.3, -0.25) is 4.99 Å². The van der Waals surface area contributed by atoms with Crippen molar-refractivity contribution in [2.75, 3.05) is 7.05 Å². The molecule has 0 bridgehead atoms. The van der Waals surface area contributed by atoms with Crippen molar-refractivity contribution in [3.05, 3.63) is 12.3 Å². The van der Waals surface area contributed by atoms with Gasteiger partial charge < -0.3 is 5.73 Å². The molecular formula is C5H7F3N2. The number of halogens is 3. The Morgan fingerprint density at radius 3 is 2.10 bits per heavy atom. The standard InChI is InChI=1S/C5H7F3N2/c1-10-4(2-3-9)5(6,7)8/h2-3H,9H2,1H3. The van der Waals surface area contributed by atoms with Gasteiger partial charge in [0.25, 0.3) is 0 Å². The first kappa shape index (κ1) is 9.00. The molecule has 0 atom stereocenters. The van der Waals surface area contributed by atoms with Crippen LogP contribution in [0.4, 0.5) is 13.2 Å². The van der Waals surface area contributed by atoms with E-state index >= 15 is 0 Å². The molecule has 0 aromatic carbocycles. The molecule has 2 nitrogen and oxygen atoms in total. The third-order valence-electron chi connectivity index (χ3n) is 0.785. The molecule has 0 aromatic heterocycles. The van der Waals surface area contributed by atoms with E-state index < -0.39 is 11.9 Å². The summed E-state index contributed by atoms with van der Waals surface area (Å²) in [5.74, 6) is 0. The quantitative estimate of drug-likeness (QED) is 0.561. The van der Waals surface area contributed by atoms with Gasteiger partial charge in [0.1, 0.15) is 5.71 Å². The van der Waals surface area contributed by atoms with E-state index in [-0.39, 0.29) is 0 Å². The van der Waals surface area contributed by atoms with Crippen LogP contribution in [0.2, 0.25) is 0 Å². The van der Waals surface area contributed by atoms with Gasteiger partial charge in [-0.2, -0.15) is 13.2 Å². The molecule has 0 rings (SSSR count). The summed E-state index contributed by atoms with van der Waals surface area (Å²) in [6.07, 6.45) is -2.89. The van der Waals surface area contributed by atoms with E-state index in [1.807, 2.05) is 0 Å². The summed E-state index contributed by atoms with van der Waals surface area (Å²) in [6, 6.07) is 0. The fourth-order valence-electron chi connectivity index (χ4n) is 0.387. The largest absolute Gasteiger partial charge is 0.432 e. The monoisotopic (exact) mass is 152 g/mol.